The average molecular weight is 415 g/mol. The summed E-state index contributed by atoms with van der Waals surface area (Å²) in [6.07, 6.45) is 10.1. The molecule has 2 aromatic carbocycles. The smallest absolute Gasteiger partial charge is 0.311 e. The molecule has 1 aliphatic heterocycles. The molecular formula is C25H26N4O2. The van der Waals surface area contributed by atoms with Gasteiger partial charge >= 0.3 is 6.03 Å². The third-order valence-corrected chi connectivity index (χ3v) is 5.92. The van der Waals surface area contributed by atoms with Crippen molar-refractivity contribution in [2.45, 2.75) is 38.3 Å². The van der Waals surface area contributed by atoms with E-state index >= 15 is 0 Å². The normalized spacial score (nSPS) is 19.0. The summed E-state index contributed by atoms with van der Waals surface area (Å²) in [7, 11) is 1.73. The van der Waals surface area contributed by atoms with Gasteiger partial charge in [0.05, 0.1) is 11.4 Å². The van der Waals surface area contributed by atoms with Gasteiger partial charge in [0.2, 0.25) is 6.17 Å². The van der Waals surface area contributed by atoms with Crippen LogP contribution in [0.5, 0.6) is 0 Å². The van der Waals surface area contributed by atoms with Crippen LogP contribution >= 0.6 is 0 Å². The summed E-state index contributed by atoms with van der Waals surface area (Å²) in [6, 6.07) is 14.3. The Labute approximate surface area is 182 Å². The summed E-state index contributed by atoms with van der Waals surface area (Å²) < 4.78 is 0. The summed E-state index contributed by atoms with van der Waals surface area (Å²) in [5.74, 6) is 2.55. The van der Waals surface area contributed by atoms with Crippen LogP contribution in [0.1, 0.15) is 43.2 Å². The minimum Gasteiger partial charge on any atom is -0.311 e. The zero-order valence-corrected chi connectivity index (χ0v) is 17.6. The fourth-order valence-electron chi connectivity index (χ4n) is 4.32. The summed E-state index contributed by atoms with van der Waals surface area (Å²) in [4.78, 5) is 32.3. The number of hydrogen-bond acceptors (Lipinski definition) is 3. The topological polar surface area (TPSA) is 73.8 Å². The lowest BCUT2D eigenvalue weighted by molar-refractivity contribution is -0.119. The standard InChI is InChI=1S/C25H26N4O2/c1-3-17-10-9-13-19(16-17)26-25(31)28-23-24(30)29(2)21-15-8-7-14-20(21)22(27-23)18-11-5-4-6-12-18/h1,7-10,13-16,18,23H,4-6,11-12H2,2H3,(H2,26,28,31)/t23-/m0/s1. The summed E-state index contributed by atoms with van der Waals surface area (Å²) in [6.45, 7) is 0. The molecular weight excluding hydrogens is 388 g/mol. The summed E-state index contributed by atoms with van der Waals surface area (Å²) in [5, 5.41) is 5.50. The Morgan fingerprint density at radius 1 is 1.13 bits per heavy atom. The number of urea groups is 1. The molecule has 3 amide bonds. The first-order valence-electron chi connectivity index (χ1n) is 10.7. The van der Waals surface area contributed by atoms with Gasteiger partial charge in [-0.3, -0.25) is 9.79 Å². The highest BCUT2D eigenvalue weighted by atomic mass is 16.2. The molecule has 0 aromatic heterocycles. The van der Waals surface area contributed by atoms with Gasteiger partial charge in [0.1, 0.15) is 0 Å². The second-order valence-electron chi connectivity index (χ2n) is 7.99. The highest BCUT2D eigenvalue weighted by molar-refractivity contribution is 6.14. The van der Waals surface area contributed by atoms with Crippen molar-refractivity contribution in [2.24, 2.45) is 10.9 Å². The number of nitrogens with one attached hydrogen (secondary N) is 2. The predicted molar refractivity (Wildman–Crippen MR) is 123 cm³/mol. The molecule has 1 saturated carbocycles. The quantitative estimate of drug-likeness (QED) is 0.740. The number of carbonyl (C=O) groups excluding carboxylic acids is 2. The molecule has 1 fully saturated rings. The van der Waals surface area contributed by atoms with E-state index < -0.39 is 12.2 Å². The number of carbonyl (C=O) groups is 2. The van der Waals surface area contributed by atoms with Crippen molar-refractivity contribution >= 4 is 29.0 Å². The molecule has 1 atom stereocenters. The number of aliphatic imine (C=N–C) groups is 1. The van der Waals surface area contributed by atoms with Gasteiger partial charge in [0, 0.05) is 29.8 Å². The molecule has 4 rings (SSSR count). The van der Waals surface area contributed by atoms with E-state index in [9.17, 15) is 9.59 Å². The molecule has 6 nitrogen and oxygen atoms in total. The van der Waals surface area contributed by atoms with E-state index in [1.54, 1.807) is 36.2 Å². The second kappa shape index (κ2) is 9.05. The Balaban J connectivity index is 1.62. The van der Waals surface area contributed by atoms with Gasteiger partial charge in [-0.1, -0.05) is 49.4 Å². The van der Waals surface area contributed by atoms with E-state index in [2.05, 4.69) is 16.6 Å². The maximum Gasteiger partial charge on any atom is 0.321 e. The van der Waals surface area contributed by atoms with E-state index in [0.717, 1.165) is 42.6 Å². The van der Waals surface area contributed by atoms with Crippen molar-refractivity contribution in [3.8, 4) is 12.3 Å². The predicted octanol–water partition coefficient (Wildman–Crippen LogP) is 4.16. The van der Waals surface area contributed by atoms with Crippen LogP contribution in [0, 0.1) is 18.3 Å². The molecule has 0 unspecified atom stereocenters. The van der Waals surface area contributed by atoms with Gasteiger partial charge in [-0.15, -0.1) is 6.42 Å². The summed E-state index contributed by atoms with van der Waals surface area (Å²) >= 11 is 0. The Kier molecular flexibility index (Phi) is 6.03. The minimum absolute atomic E-state index is 0.272. The van der Waals surface area contributed by atoms with Crippen molar-refractivity contribution in [3.05, 3.63) is 59.7 Å². The van der Waals surface area contributed by atoms with Crippen LogP contribution in [0.4, 0.5) is 16.2 Å². The number of amides is 3. The number of likely N-dealkylation sites (N-methyl/N-ethyl adjacent to an activating group) is 1. The fraction of sp³-hybridized carbons (Fsp3) is 0.320. The monoisotopic (exact) mass is 414 g/mol. The first kappa shape index (κ1) is 20.7. The summed E-state index contributed by atoms with van der Waals surface area (Å²) in [5.41, 5.74) is 3.92. The Morgan fingerprint density at radius 2 is 1.90 bits per heavy atom. The molecule has 2 N–H and O–H groups in total. The van der Waals surface area contributed by atoms with Gasteiger partial charge in [-0.05, 0) is 37.1 Å². The van der Waals surface area contributed by atoms with Crippen LogP contribution in [-0.2, 0) is 4.79 Å². The lowest BCUT2D eigenvalue weighted by Gasteiger charge is -2.25. The average Bonchev–Trinajstić information content (AvgIpc) is 2.90. The van der Waals surface area contributed by atoms with Crippen molar-refractivity contribution < 1.29 is 9.59 Å². The number of hydrogen-bond donors (Lipinski definition) is 2. The van der Waals surface area contributed by atoms with E-state index in [-0.39, 0.29) is 11.8 Å². The number of para-hydroxylation sites is 1. The van der Waals surface area contributed by atoms with Gasteiger partial charge in [-0.25, -0.2) is 4.79 Å². The van der Waals surface area contributed by atoms with Crippen molar-refractivity contribution in [2.75, 3.05) is 17.3 Å². The van der Waals surface area contributed by atoms with Crippen molar-refractivity contribution in [1.29, 1.82) is 0 Å². The van der Waals surface area contributed by atoms with Gasteiger partial charge < -0.3 is 15.5 Å². The number of rotatable bonds is 3. The highest BCUT2D eigenvalue weighted by Crippen LogP contribution is 2.33. The zero-order chi connectivity index (χ0) is 21.8. The molecule has 0 saturated heterocycles. The van der Waals surface area contributed by atoms with Crippen LogP contribution in [0.25, 0.3) is 0 Å². The molecule has 1 heterocycles. The largest absolute Gasteiger partial charge is 0.321 e. The van der Waals surface area contributed by atoms with E-state index in [1.165, 1.54) is 6.42 Å². The molecule has 0 bridgehead atoms. The molecule has 31 heavy (non-hydrogen) atoms. The SMILES string of the molecule is C#Cc1cccc(NC(=O)N[C@@H]2N=C(C3CCCCC3)c3ccccc3N(C)C2=O)c1. The van der Waals surface area contributed by atoms with Crippen molar-refractivity contribution in [1.82, 2.24) is 5.32 Å². The number of benzodiazepines with no additional fused rings is 1. The number of benzene rings is 2. The zero-order valence-electron chi connectivity index (χ0n) is 17.6. The molecule has 1 aliphatic carbocycles. The maximum atomic E-state index is 13.2. The first-order chi connectivity index (χ1) is 15.1. The second-order valence-corrected chi connectivity index (χ2v) is 7.99. The molecule has 0 radical (unpaired) electrons. The fourth-order valence-corrected chi connectivity index (χ4v) is 4.32. The van der Waals surface area contributed by atoms with E-state index in [1.807, 2.05) is 24.3 Å². The lowest BCUT2D eigenvalue weighted by atomic mass is 9.83. The van der Waals surface area contributed by atoms with Crippen LogP contribution in [0.15, 0.2) is 53.5 Å². The minimum atomic E-state index is -0.995. The Bertz CT molecular complexity index is 1060. The van der Waals surface area contributed by atoms with Gasteiger partial charge in [-0.2, -0.15) is 0 Å². The van der Waals surface area contributed by atoms with Crippen molar-refractivity contribution in [3.63, 3.8) is 0 Å². The number of fused-ring (bicyclic) bond motifs is 1. The van der Waals surface area contributed by atoms with Crippen LogP contribution in [0.2, 0.25) is 0 Å². The number of anilines is 2. The van der Waals surface area contributed by atoms with Crippen LogP contribution < -0.4 is 15.5 Å². The molecule has 0 spiro atoms. The molecule has 158 valence electrons. The number of terminal acetylenes is 1. The number of nitrogens with zero attached hydrogens (tertiary/aromatic N) is 2. The molecule has 2 aliphatic rings. The Morgan fingerprint density at radius 3 is 2.68 bits per heavy atom. The lowest BCUT2D eigenvalue weighted by Crippen LogP contribution is -2.47. The van der Waals surface area contributed by atoms with E-state index in [4.69, 9.17) is 11.4 Å². The molecule has 2 aromatic rings. The first-order valence-corrected chi connectivity index (χ1v) is 10.7. The highest BCUT2D eigenvalue weighted by Gasteiger charge is 2.33. The van der Waals surface area contributed by atoms with Crippen LogP contribution in [0.3, 0.4) is 0 Å². The maximum absolute atomic E-state index is 13.2. The Hall–Kier alpha value is -3.59. The van der Waals surface area contributed by atoms with Gasteiger partial charge in [0.25, 0.3) is 5.91 Å². The third kappa shape index (κ3) is 4.46. The molecule has 6 heteroatoms. The van der Waals surface area contributed by atoms with Gasteiger partial charge in [0.15, 0.2) is 0 Å². The van der Waals surface area contributed by atoms with Crippen LogP contribution in [-0.4, -0.2) is 30.9 Å². The third-order valence-electron chi connectivity index (χ3n) is 5.92. The van der Waals surface area contributed by atoms with E-state index in [0.29, 0.717) is 11.3 Å².